The standard InChI is InChI=1S/C17H28N6O2/c1-3-22-12-6-7-14(22)13-21-17(18-2)20-11-10-19-15-8-4-5-9-16(15)23(24)25/h4-5,8-9,14,19H,3,6-7,10-13H2,1-2H3,(H2,18,20,21). The zero-order valence-corrected chi connectivity index (χ0v) is 15.0. The van der Waals surface area contributed by atoms with Crippen molar-refractivity contribution in [3.05, 3.63) is 34.4 Å². The summed E-state index contributed by atoms with van der Waals surface area (Å²) in [4.78, 5) is 17.3. The van der Waals surface area contributed by atoms with E-state index in [1.165, 1.54) is 25.5 Å². The van der Waals surface area contributed by atoms with E-state index in [1.807, 2.05) is 0 Å². The van der Waals surface area contributed by atoms with Crippen LogP contribution in [0, 0.1) is 10.1 Å². The van der Waals surface area contributed by atoms with Crippen molar-refractivity contribution < 1.29 is 4.92 Å². The lowest BCUT2D eigenvalue weighted by Crippen LogP contribution is -2.45. The molecule has 0 aliphatic carbocycles. The number of nitro benzene ring substituents is 1. The molecule has 1 aliphatic heterocycles. The molecule has 25 heavy (non-hydrogen) atoms. The van der Waals surface area contributed by atoms with Crippen LogP contribution in [0.2, 0.25) is 0 Å². The van der Waals surface area contributed by atoms with Gasteiger partial charge in [0, 0.05) is 38.8 Å². The first-order valence-corrected chi connectivity index (χ1v) is 8.81. The van der Waals surface area contributed by atoms with Crippen LogP contribution >= 0.6 is 0 Å². The van der Waals surface area contributed by atoms with Crippen molar-refractivity contribution in [1.29, 1.82) is 0 Å². The molecular formula is C17H28N6O2. The number of anilines is 1. The molecule has 1 heterocycles. The average Bonchev–Trinajstić information content (AvgIpc) is 3.09. The minimum Gasteiger partial charge on any atom is -0.378 e. The van der Waals surface area contributed by atoms with Gasteiger partial charge in [0.15, 0.2) is 5.96 Å². The molecule has 8 nitrogen and oxygen atoms in total. The number of guanidine groups is 1. The Hall–Kier alpha value is -2.35. The van der Waals surface area contributed by atoms with Gasteiger partial charge in [0.1, 0.15) is 5.69 Å². The van der Waals surface area contributed by atoms with Gasteiger partial charge in [-0.2, -0.15) is 0 Å². The summed E-state index contributed by atoms with van der Waals surface area (Å²) in [5, 5.41) is 20.7. The number of aliphatic imine (C=N–C) groups is 1. The molecule has 1 atom stereocenters. The minimum atomic E-state index is -0.378. The van der Waals surface area contributed by atoms with Gasteiger partial charge < -0.3 is 16.0 Å². The Labute approximate surface area is 148 Å². The normalized spacial score (nSPS) is 18.2. The summed E-state index contributed by atoms with van der Waals surface area (Å²) in [6, 6.07) is 7.22. The maximum Gasteiger partial charge on any atom is 0.292 e. The lowest BCUT2D eigenvalue weighted by Gasteiger charge is -2.24. The number of para-hydroxylation sites is 2. The largest absolute Gasteiger partial charge is 0.378 e. The Balaban J connectivity index is 1.72. The first-order chi connectivity index (χ1) is 12.2. The van der Waals surface area contributed by atoms with Crippen LogP contribution in [0.3, 0.4) is 0 Å². The van der Waals surface area contributed by atoms with Gasteiger partial charge in [-0.05, 0) is 32.0 Å². The van der Waals surface area contributed by atoms with Gasteiger partial charge in [-0.1, -0.05) is 19.1 Å². The Morgan fingerprint density at radius 3 is 2.88 bits per heavy atom. The Morgan fingerprint density at radius 1 is 1.36 bits per heavy atom. The summed E-state index contributed by atoms with van der Waals surface area (Å²) in [5.74, 6) is 0.757. The van der Waals surface area contributed by atoms with Crippen molar-refractivity contribution in [1.82, 2.24) is 15.5 Å². The summed E-state index contributed by atoms with van der Waals surface area (Å²) in [7, 11) is 1.75. The molecule has 1 aliphatic rings. The number of nitrogens with one attached hydrogen (secondary N) is 3. The van der Waals surface area contributed by atoms with Crippen LogP contribution in [-0.2, 0) is 0 Å². The number of nitro groups is 1. The molecule has 0 aromatic heterocycles. The van der Waals surface area contributed by atoms with Gasteiger partial charge in [-0.15, -0.1) is 0 Å². The molecule has 0 saturated carbocycles. The maximum atomic E-state index is 11.0. The molecule has 138 valence electrons. The lowest BCUT2D eigenvalue weighted by molar-refractivity contribution is -0.384. The van der Waals surface area contributed by atoms with E-state index >= 15 is 0 Å². The second-order valence-electron chi connectivity index (χ2n) is 6.01. The molecular weight excluding hydrogens is 320 g/mol. The number of likely N-dealkylation sites (tertiary alicyclic amines) is 1. The quantitative estimate of drug-likeness (QED) is 0.217. The lowest BCUT2D eigenvalue weighted by atomic mass is 10.2. The van der Waals surface area contributed by atoms with E-state index < -0.39 is 0 Å². The highest BCUT2D eigenvalue weighted by Crippen LogP contribution is 2.22. The van der Waals surface area contributed by atoms with Gasteiger partial charge in [-0.3, -0.25) is 20.0 Å². The highest BCUT2D eigenvalue weighted by atomic mass is 16.6. The summed E-state index contributed by atoms with van der Waals surface area (Å²) < 4.78 is 0. The van der Waals surface area contributed by atoms with Gasteiger partial charge in [-0.25, -0.2) is 0 Å². The van der Waals surface area contributed by atoms with Crippen LogP contribution in [0.1, 0.15) is 19.8 Å². The molecule has 1 unspecified atom stereocenters. The molecule has 1 aromatic rings. The third kappa shape index (κ3) is 5.60. The highest BCUT2D eigenvalue weighted by Gasteiger charge is 2.22. The van der Waals surface area contributed by atoms with E-state index in [1.54, 1.807) is 25.2 Å². The number of rotatable bonds is 8. The topological polar surface area (TPSA) is 94.8 Å². The van der Waals surface area contributed by atoms with Gasteiger partial charge >= 0.3 is 0 Å². The van der Waals surface area contributed by atoms with Crippen molar-refractivity contribution in [2.24, 2.45) is 4.99 Å². The van der Waals surface area contributed by atoms with Crippen molar-refractivity contribution in [3.8, 4) is 0 Å². The van der Waals surface area contributed by atoms with E-state index in [2.05, 4.69) is 32.8 Å². The van der Waals surface area contributed by atoms with Crippen LogP contribution in [-0.4, -0.2) is 61.6 Å². The zero-order chi connectivity index (χ0) is 18.1. The molecule has 0 bridgehead atoms. The predicted octanol–water partition coefficient (Wildman–Crippen LogP) is 1.66. The molecule has 3 N–H and O–H groups in total. The second-order valence-corrected chi connectivity index (χ2v) is 6.01. The fourth-order valence-corrected chi connectivity index (χ4v) is 3.14. The Morgan fingerprint density at radius 2 is 2.16 bits per heavy atom. The predicted molar refractivity (Wildman–Crippen MR) is 101 cm³/mol. The number of hydrogen-bond donors (Lipinski definition) is 3. The third-order valence-electron chi connectivity index (χ3n) is 4.47. The third-order valence-corrected chi connectivity index (χ3v) is 4.47. The maximum absolute atomic E-state index is 11.0. The molecule has 1 fully saturated rings. The van der Waals surface area contributed by atoms with E-state index in [-0.39, 0.29) is 10.6 Å². The fraction of sp³-hybridized carbons (Fsp3) is 0.588. The summed E-state index contributed by atoms with van der Waals surface area (Å²) in [6.07, 6.45) is 2.48. The van der Waals surface area contributed by atoms with Crippen molar-refractivity contribution in [3.63, 3.8) is 0 Å². The van der Waals surface area contributed by atoms with Crippen molar-refractivity contribution in [2.45, 2.75) is 25.8 Å². The number of likely N-dealkylation sites (N-methyl/N-ethyl adjacent to an activating group) is 1. The minimum absolute atomic E-state index is 0.0888. The van der Waals surface area contributed by atoms with Crippen LogP contribution in [0.25, 0.3) is 0 Å². The average molecular weight is 348 g/mol. The summed E-state index contributed by atoms with van der Waals surface area (Å²) in [5.41, 5.74) is 0.618. The zero-order valence-electron chi connectivity index (χ0n) is 15.0. The highest BCUT2D eigenvalue weighted by molar-refractivity contribution is 5.79. The van der Waals surface area contributed by atoms with Crippen LogP contribution in [0.5, 0.6) is 0 Å². The summed E-state index contributed by atoms with van der Waals surface area (Å²) in [6.45, 7) is 6.52. The van der Waals surface area contributed by atoms with E-state index in [4.69, 9.17) is 0 Å². The molecule has 1 aromatic carbocycles. The molecule has 8 heteroatoms. The number of nitrogens with zero attached hydrogens (tertiary/aromatic N) is 3. The van der Waals surface area contributed by atoms with Crippen molar-refractivity contribution >= 4 is 17.3 Å². The van der Waals surface area contributed by atoms with Gasteiger partial charge in [0.25, 0.3) is 5.69 Å². The Kier molecular flexibility index (Phi) is 7.46. The van der Waals surface area contributed by atoms with Crippen LogP contribution in [0.15, 0.2) is 29.3 Å². The smallest absolute Gasteiger partial charge is 0.292 e. The van der Waals surface area contributed by atoms with Gasteiger partial charge in [0.05, 0.1) is 4.92 Å². The monoisotopic (exact) mass is 348 g/mol. The molecule has 2 rings (SSSR count). The first kappa shape index (κ1) is 19.0. The van der Waals surface area contributed by atoms with E-state index in [9.17, 15) is 10.1 Å². The molecule has 0 radical (unpaired) electrons. The Bertz CT molecular complexity index is 592. The van der Waals surface area contributed by atoms with Crippen LogP contribution < -0.4 is 16.0 Å². The first-order valence-electron chi connectivity index (χ1n) is 8.81. The second kappa shape index (κ2) is 9.83. The fourth-order valence-electron chi connectivity index (χ4n) is 3.14. The van der Waals surface area contributed by atoms with Gasteiger partial charge in [0.2, 0.25) is 0 Å². The molecule has 0 spiro atoms. The molecule has 1 saturated heterocycles. The van der Waals surface area contributed by atoms with E-state index in [0.717, 1.165) is 19.0 Å². The SMILES string of the molecule is CCN1CCCC1CNC(=NC)NCCNc1ccccc1[N+](=O)[O-]. The van der Waals surface area contributed by atoms with Crippen molar-refractivity contribution in [2.75, 3.05) is 45.1 Å². The number of hydrogen-bond acceptors (Lipinski definition) is 5. The number of benzene rings is 1. The summed E-state index contributed by atoms with van der Waals surface area (Å²) >= 11 is 0. The van der Waals surface area contributed by atoms with Crippen LogP contribution in [0.4, 0.5) is 11.4 Å². The molecule has 0 amide bonds. The van der Waals surface area contributed by atoms with E-state index in [0.29, 0.717) is 24.8 Å².